The lowest BCUT2D eigenvalue weighted by Crippen LogP contribution is -2.17. The van der Waals surface area contributed by atoms with E-state index in [-0.39, 0.29) is 6.04 Å². The Hall–Kier alpha value is -0.0500. The Labute approximate surface area is 91.4 Å². The van der Waals surface area contributed by atoms with E-state index in [0.717, 1.165) is 28.8 Å². The van der Waals surface area contributed by atoms with Crippen LogP contribution in [0.3, 0.4) is 0 Å². The highest BCUT2D eigenvalue weighted by Gasteiger charge is 2.19. The van der Waals surface area contributed by atoms with Crippen LogP contribution in [0.25, 0.3) is 0 Å². The first kappa shape index (κ1) is 9.50. The first-order valence-corrected chi connectivity index (χ1v) is 5.59. The van der Waals surface area contributed by atoms with E-state index in [2.05, 4.69) is 22.0 Å². The van der Waals surface area contributed by atoms with Crippen molar-refractivity contribution in [3.8, 4) is 0 Å². The molecule has 70 valence electrons. The van der Waals surface area contributed by atoms with E-state index in [0.29, 0.717) is 0 Å². The van der Waals surface area contributed by atoms with Gasteiger partial charge in [0.15, 0.2) is 0 Å². The minimum Gasteiger partial charge on any atom is -0.324 e. The lowest BCUT2D eigenvalue weighted by atomic mass is 9.88. The SMILES string of the molecule is N[C@H]1CCCc2c(Cl)cc(Br)cc21. The van der Waals surface area contributed by atoms with Gasteiger partial charge in [0.25, 0.3) is 0 Å². The molecule has 1 aliphatic carbocycles. The van der Waals surface area contributed by atoms with Crippen molar-refractivity contribution in [2.45, 2.75) is 25.3 Å². The van der Waals surface area contributed by atoms with Gasteiger partial charge in [0.1, 0.15) is 0 Å². The van der Waals surface area contributed by atoms with Gasteiger partial charge in [-0.1, -0.05) is 27.5 Å². The first-order chi connectivity index (χ1) is 6.18. The molecule has 0 aromatic heterocycles. The topological polar surface area (TPSA) is 26.0 Å². The van der Waals surface area contributed by atoms with Crippen molar-refractivity contribution in [2.75, 3.05) is 0 Å². The highest BCUT2D eigenvalue weighted by atomic mass is 79.9. The van der Waals surface area contributed by atoms with E-state index in [1.807, 2.05) is 6.07 Å². The number of halogens is 2. The second kappa shape index (κ2) is 3.60. The second-order valence-corrected chi connectivity index (χ2v) is 4.78. The molecule has 1 aromatic rings. The van der Waals surface area contributed by atoms with Gasteiger partial charge in [-0.25, -0.2) is 0 Å². The van der Waals surface area contributed by atoms with Gasteiger partial charge in [-0.3, -0.25) is 0 Å². The van der Waals surface area contributed by atoms with Crippen LogP contribution >= 0.6 is 27.5 Å². The molecule has 1 aromatic carbocycles. The van der Waals surface area contributed by atoms with Crippen LogP contribution in [-0.4, -0.2) is 0 Å². The summed E-state index contributed by atoms with van der Waals surface area (Å²) >= 11 is 9.56. The molecular weight excluding hydrogens is 249 g/mol. The third kappa shape index (κ3) is 1.76. The molecule has 1 aliphatic rings. The molecule has 1 atom stereocenters. The lowest BCUT2D eigenvalue weighted by Gasteiger charge is -2.23. The van der Waals surface area contributed by atoms with Crippen LogP contribution in [0.15, 0.2) is 16.6 Å². The maximum Gasteiger partial charge on any atom is 0.0452 e. The summed E-state index contributed by atoms with van der Waals surface area (Å²) in [5, 5.41) is 0.847. The fourth-order valence-electron chi connectivity index (χ4n) is 1.87. The second-order valence-electron chi connectivity index (χ2n) is 3.45. The molecule has 2 rings (SSSR count). The Kier molecular flexibility index (Phi) is 2.63. The minimum absolute atomic E-state index is 0.166. The molecule has 2 N–H and O–H groups in total. The minimum atomic E-state index is 0.166. The largest absolute Gasteiger partial charge is 0.324 e. The van der Waals surface area contributed by atoms with Crippen LogP contribution in [0.2, 0.25) is 5.02 Å². The molecule has 0 saturated carbocycles. The first-order valence-electron chi connectivity index (χ1n) is 4.42. The molecule has 0 spiro atoms. The summed E-state index contributed by atoms with van der Waals surface area (Å²) in [5.41, 5.74) is 8.46. The van der Waals surface area contributed by atoms with Gasteiger partial charge in [-0.05, 0) is 42.5 Å². The third-order valence-electron chi connectivity index (χ3n) is 2.54. The average Bonchev–Trinajstić information content (AvgIpc) is 2.07. The van der Waals surface area contributed by atoms with Crippen LogP contribution in [-0.2, 0) is 6.42 Å². The summed E-state index contributed by atoms with van der Waals surface area (Å²) in [6.07, 6.45) is 3.28. The van der Waals surface area contributed by atoms with Crippen LogP contribution in [0.1, 0.15) is 30.0 Å². The molecule has 0 radical (unpaired) electrons. The summed E-state index contributed by atoms with van der Waals surface area (Å²) in [5.74, 6) is 0. The lowest BCUT2D eigenvalue weighted by molar-refractivity contribution is 0.570. The molecule has 1 nitrogen and oxygen atoms in total. The number of fused-ring (bicyclic) bond motifs is 1. The summed E-state index contributed by atoms with van der Waals surface area (Å²) in [6.45, 7) is 0. The van der Waals surface area contributed by atoms with E-state index < -0.39 is 0 Å². The fraction of sp³-hybridized carbons (Fsp3) is 0.400. The van der Waals surface area contributed by atoms with Crippen LogP contribution < -0.4 is 5.73 Å². The number of hydrogen-bond acceptors (Lipinski definition) is 1. The molecule has 0 bridgehead atoms. The van der Waals surface area contributed by atoms with Crippen molar-refractivity contribution in [2.24, 2.45) is 5.73 Å². The van der Waals surface area contributed by atoms with Gasteiger partial charge in [-0.2, -0.15) is 0 Å². The van der Waals surface area contributed by atoms with E-state index >= 15 is 0 Å². The van der Waals surface area contributed by atoms with Crippen molar-refractivity contribution in [3.63, 3.8) is 0 Å². The molecule has 13 heavy (non-hydrogen) atoms. The van der Waals surface area contributed by atoms with Gasteiger partial charge in [0, 0.05) is 15.5 Å². The maximum absolute atomic E-state index is 6.13. The number of hydrogen-bond donors (Lipinski definition) is 1. The van der Waals surface area contributed by atoms with E-state index in [4.69, 9.17) is 17.3 Å². The zero-order valence-electron chi connectivity index (χ0n) is 7.19. The van der Waals surface area contributed by atoms with Crippen LogP contribution in [0.5, 0.6) is 0 Å². The molecule has 0 aliphatic heterocycles. The molecule has 0 unspecified atom stereocenters. The maximum atomic E-state index is 6.13. The van der Waals surface area contributed by atoms with E-state index in [1.165, 1.54) is 11.1 Å². The summed E-state index contributed by atoms with van der Waals surface area (Å²) < 4.78 is 1.02. The summed E-state index contributed by atoms with van der Waals surface area (Å²) in [6, 6.07) is 4.20. The van der Waals surface area contributed by atoms with Gasteiger partial charge >= 0.3 is 0 Å². The van der Waals surface area contributed by atoms with Gasteiger partial charge in [0.05, 0.1) is 0 Å². The van der Waals surface area contributed by atoms with Gasteiger partial charge < -0.3 is 5.73 Å². The Morgan fingerprint density at radius 1 is 1.46 bits per heavy atom. The molecule has 0 fully saturated rings. The predicted molar refractivity (Wildman–Crippen MR) is 59.0 cm³/mol. The van der Waals surface area contributed by atoms with Crippen molar-refractivity contribution in [3.05, 3.63) is 32.8 Å². The van der Waals surface area contributed by atoms with Crippen molar-refractivity contribution in [1.29, 1.82) is 0 Å². The zero-order chi connectivity index (χ0) is 9.42. The smallest absolute Gasteiger partial charge is 0.0452 e. The van der Waals surface area contributed by atoms with E-state index in [1.54, 1.807) is 0 Å². The monoisotopic (exact) mass is 259 g/mol. The van der Waals surface area contributed by atoms with Crippen molar-refractivity contribution in [1.82, 2.24) is 0 Å². The predicted octanol–water partition coefficient (Wildman–Crippen LogP) is 3.44. The normalized spacial score (nSPS) is 21.3. The molecular formula is C10H11BrClN. The average molecular weight is 261 g/mol. The van der Waals surface area contributed by atoms with Crippen LogP contribution in [0, 0.1) is 0 Å². The highest BCUT2D eigenvalue weighted by Crippen LogP contribution is 2.35. The number of nitrogens with two attached hydrogens (primary N) is 1. The van der Waals surface area contributed by atoms with Crippen molar-refractivity contribution < 1.29 is 0 Å². The molecule has 0 heterocycles. The summed E-state index contributed by atoms with van der Waals surface area (Å²) in [4.78, 5) is 0. The van der Waals surface area contributed by atoms with Gasteiger partial charge in [-0.15, -0.1) is 0 Å². The zero-order valence-corrected chi connectivity index (χ0v) is 9.53. The Balaban J connectivity index is 2.56. The highest BCUT2D eigenvalue weighted by molar-refractivity contribution is 9.10. The standard InChI is InChI=1S/C10H11BrClN/c11-6-4-8-7(9(12)5-6)2-1-3-10(8)13/h4-5,10H,1-3,13H2/t10-/m0/s1. The quantitative estimate of drug-likeness (QED) is 0.760. The van der Waals surface area contributed by atoms with Crippen LogP contribution in [0.4, 0.5) is 0 Å². The summed E-state index contributed by atoms with van der Waals surface area (Å²) in [7, 11) is 0. The fourth-order valence-corrected chi connectivity index (χ4v) is 2.80. The van der Waals surface area contributed by atoms with E-state index in [9.17, 15) is 0 Å². The molecule has 0 amide bonds. The third-order valence-corrected chi connectivity index (χ3v) is 3.33. The Morgan fingerprint density at radius 2 is 2.23 bits per heavy atom. The number of rotatable bonds is 0. The molecule has 0 saturated heterocycles. The molecule has 3 heteroatoms. The Morgan fingerprint density at radius 3 is 3.00 bits per heavy atom. The van der Waals surface area contributed by atoms with Gasteiger partial charge in [0.2, 0.25) is 0 Å². The number of benzene rings is 1. The Bertz CT molecular complexity index is 338. The van der Waals surface area contributed by atoms with Crippen molar-refractivity contribution >= 4 is 27.5 Å².